The molecule has 1 unspecified atom stereocenters. The predicted molar refractivity (Wildman–Crippen MR) is 43.3 cm³/mol. The molecule has 1 rings (SSSR count). The first-order chi connectivity index (χ1) is 6.04. The molecule has 1 heterocycles. The average molecular weight is 272 g/mol. The zero-order valence-corrected chi connectivity index (χ0v) is 8.80. The van der Waals surface area contributed by atoms with Crippen LogP contribution >= 0.6 is 34.8 Å². The topological polar surface area (TPSA) is 29.5 Å². The molecule has 9 heteroatoms. The number of nitrogens with zero attached hydrogens (tertiary/aromatic N) is 1. The molecule has 1 aliphatic heterocycles. The fraction of sp³-hybridized carbons (Fsp3) is 0.800. The van der Waals surface area contributed by atoms with Crippen molar-refractivity contribution in [3.8, 4) is 0 Å². The van der Waals surface area contributed by atoms with Gasteiger partial charge in [0.05, 0.1) is 0 Å². The molecule has 0 N–H and O–H groups in total. The maximum absolute atomic E-state index is 13.1. The summed E-state index contributed by atoms with van der Waals surface area (Å²) in [6.07, 6.45) is -1.20. The lowest BCUT2D eigenvalue weighted by Crippen LogP contribution is -2.76. The Morgan fingerprint density at radius 3 is 1.86 bits per heavy atom. The van der Waals surface area contributed by atoms with E-state index in [0.29, 0.717) is 0 Å². The first-order valence-corrected chi connectivity index (χ1v) is 4.27. The van der Waals surface area contributed by atoms with Crippen LogP contribution in [-0.4, -0.2) is 33.7 Å². The van der Waals surface area contributed by atoms with E-state index in [4.69, 9.17) is 23.2 Å². The highest BCUT2D eigenvalue weighted by molar-refractivity contribution is 6.48. The molecule has 82 valence electrons. The van der Waals surface area contributed by atoms with Crippen LogP contribution in [0.25, 0.3) is 0 Å². The molecule has 1 fully saturated rings. The van der Waals surface area contributed by atoms with E-state index >= 15 is 0 Å². The van der Waals surface area contributed by atoms with Crippen molar-refractivity contribution in [1.29, 1.82) is 0 Å². The van der Waals surface area contributed by atoms with Gasteiger partial charge in [-0.1, -0.05) is 23.2 Å². The minimum Gasteiger partial charge on any atom is -0.408 e. The van der Waals surface area contributed by atoms with Crippen molar-refractivity contribution in [2.75, 3.05) is 7.05 Å². The number of carbonyl (C=O) groups excluding carboxylic acids is 1. The van der Waals surface area contributed by atoms with Crippen LogP contribution in [0.3, 0.4) is 0 Å². The monoisotopic (exact) mass is 271 g/mol. The van der Waals surface area contributed by atoms with Crippen molar-refractivity contribution in [2.24, 2.45) is 0 Å². The Hall–Kier alpha value is -0.0700. The van der Waals surface area contributed by atoms with E-state index in [1.165, 1.54) is 0 Å². The van der Waals surface area contributed by atoms with Gasteiger partial charge in [0.2, 0.25) is 0 Å². The molecule has 0 radical (unpaired) electrons. The number of ether oxygens (including phenoxy) is 1. The highest BCUT2D eigenvalue weighted by atomic mass is 35.5. The van der Waals surface area contributed by atoms with Gasteiger partial charge in [-0.2, -0.15) is 8.78 Å². The van der Waals surface area contributed by atoms with Crippen LogP contribution in [0, 0.1) is 0 Å². The predicted octanol–water partition coefficient (Wildman–Crippen LogP) is 2.70. The summed E-state index contributed by atoms with van der Waals surface area (Å²) in [7, 11) is 0.835. The van der Waals surface area contributed by atoms with Crippen molar-refractivity contribution < 1.29 is 22.7 Å². The summed E-state index contributed by atoms with van der Waals surface area (Å²) in [6, 6.07) is 0. The van der Waals surface area contributed by atoms with Crippen LogP contribution < -0.4 is 0 Å². The van der Waals surface area contributed by atoms with Gasteiger partial charge in [0.25, 0.3) is 0 Å². The van der Waals surface area contributed by atoms with Gasteiger partial charge in [0.1, 0.15) is 0 Å². The lowest BCUT2D eigenvalue weighted by Gasteiger charge is -2.51. The van der Waals surface area contributed by atoms with Gasteiger partial charge < -0.3 is 4.74 Å². The first-order valence-electron chi connectivity index (χ1n) is 3.14. The van der Waals surface area contributed by atoms with Gasteiger partial charge in [0, 0.05) is 7.05 Å². The molecule has 1 aliphatic rings. The van der Waals surface area contributed by atoms with Crippen LogP contribution in [0.1, 0.15) is 0 Å². The fourth-order valence-electron chi connectivity index (χ4n) is 1.01. The standard InChI is InChI=1S/C5H3Cl3F3NO2/c1-12-2(13)14-3(12,4(6,7)9)5(8,10)11/h1H3. The zero-order chi connectivity index (χ0) is 11.4. The third kappa shape index (κ3) is 1.31. The molecule has 0 aromatic carbocycles. The number of halogens is 6. The van der Waals surface area contributed by atoms with Crippen LogP contribution in [0.15, 0.2) is 0 Å². The number of cyclic esters (lactones) is 1. The molecule has 0 bridgehead atoms. The van der Waals surface area contributed by atoms with Crippen LogP contribution in [0.5, 0.6) is 0 Å². The Morgan fingerprint density at radius 2 is 1.79 bits per heavy atom. The SMILES string of the molecule is CN1C(=O)OC1(C(F)(F)Cl)C(F)(Cl)Cl. The molecule has 0 aliphatic carbocycles. The average Bonchev–Trinajstić information content (AvgIpc) is 1.93. The van der Waals surface area contributed by atoms with Gasteiger partial charge in [0.15, 0.2) is 0 Å². The van der Waals surface area contributed by atoms with E-state index in [9.17, 15) is 18.0 Å². The largest absolute Gasteiger partial charge is 0.415 e. The lowest BCUT2D eigenvalue weighted by atomic mass is 10.1. The summed E-state index contributed by atoms with van der Waals surface area (Å²) in [5.74, 6) is 0. The number of hydrogen-bond acceptors (Lipinski definition) is 2. The van der Waals surface area contributed by atoms with E-state index < -0.39 is 21.8 Å². The van der Waals surface area contributed by atoms with E-state index in [1.807, 2.05) is 0 Å². The van der Waals surface area contributed by atoms with Crippen molar-refractivity contribution in [3.63, 3.8) is 0 Å². The third-order valence-electron chi connectivity index (χ3n) is 1.75. The molecular formula is C5H3Cl3F3NO2. The van der Waals surface area contributed by atoms with Crippen molar-refractivity contribution in [2.45, 2.75) is 15.7 Å². The number of rotatable bonds is 2. The second-order valence-electron chi connectivity index (χ2n) is 2.57. The second-order valence-corrected chi connectivity index (χ2v) is 4.28. The number of amides is 1. The highest BCUT2D eigenvalue weighted by Crippen LogP contribution is 2.55. The number of alkyl halides is 6. The van der Waals surface area contributed by atoms with E-state index in [-0.39, 0.29) is 4.90 Å². The minimum atomic E-state index is -4.26. The Balaban J connectivity index is 3.14. The molecule has 1 atom stereocenters. The molecule has 1 saturated heterocycles. The molecule has 0 aromatic heterocycles. The molecule has 0 saturated carbocycles. The zero-order valence-electron chi connectivity index (χ0n) is 6.53. The maximum atomic E-state index is 13.1. The van der Waals surface area contributed by atoms with Crippen LogP contribution in [-0.2, 0) is 4.74 Å². The smallest absolute Gasteiger partial charge is 0.408 e. The summed E-state index contributed by atoms with van der Waals surface area (Å²) in [6.45, 7) is 0. The second kappa shape index (κ2) is 2.96. The Kier molecular flexibility index (Phi) is 2.54. The Labute approximate surface area is 91.6 Å². The summed E-state index contributed by atoms with van der Waals surface area (Å²) in [4.78, 5) is 10.8. The van der Waals surface area contributed by atoms with E-state index in [1.54, 1.807) is 0 Å². The maximum Gasteiger partial charge on any atom is 0.415 e. The van der Waals surface area contributed by atoms with Gasteiger partial charge in [-0.05, 0) is 11.6 Å². The van der Waals surface area contributed by atoms with Gasteiger partial charge in [-0.15, -0.1) is 0 Å². The van der Waals surface area contributed by atoms with Crippen molar-refractivity contribution >= 4 is 40.9 Å². The van der Waals surface area contributed by atoms with Gasteiger partial charge >= 0.3 is 21.8 Å². The first kappa shape index (κ1) is 12.0. The fourth-order valence-corrected chi connectivity index (χ4v) is 1.97. The van der Waals surface area contributed by atoms with E-state index in [0.717, 1.165) is 7.05 Å². The lowest BCUT2D eigenvalue weighted by molar-refractivity contribution is -0.282. The molecular weight excluding hydrogens is 269 g/mol. The highest BCUT2D eigenvalue weighted by Gasteiger charge is 2.78. The van der Waals surface area contributed by atoms with Gasteiger partial charge in [-0.25, -0.2) is 9.18 Å². The van der Waals surface area contributed by atoms with Crippen molar-refractivity contribution in [1.82, 2.24) is 4.90 Å². The molecule has 0 spiro atoms. The molecule has 14 heavy (non-hydrogen) atoms. The normalized spacial score (nSPS) is 28.5. The Morgan fingerprint density at radius 1 is 1.36 bits per heavy atom. The van der Waals surface area contributed by atoms with Crippen LogP contribution in [0.4, 0.5) is 18.0 Å². The molecule has 1 amide bonds. The van der Waals surface area contributed by atoms with Crippen LogP contribution in [0.2, 0.25) is 0 Å². The third-order valence-corrected chi connectivity index (χ3v) is 2.52. The molecule has 0 aromatic rings. The summed E-state index contributed by atoms with van der Waals surface area (Å²) in [5.41, 5.74) is -3.19. The summed E-state index contributed by atoms with van der Waals surface area (Å²) in [5, 5.41) is -4.26. The summed E-state index contributed by atoms with van der Waals surface area (Å²) < 4.78 is 39.0. The molecule has 3 nitrogen and oxygen atoms in total. The van der Waals surface area contributed by atoms with Gasteiger partial charge in [-0.3, -0.25) is 4.90 Å². The quantitative estimate of drug-likeness (QED) is 0.723. The summed E-state index contributed by atoms with van der Waals surface area (Å²) >= 11 is 14.3. The van der Waals surface area contributed by atoms with Crippen molar-refractivity contribution in [3.05, 3.63) is 0 Å². The Bertz CT molecular complexity index is 260. The number of hydrogen-bond donors (Lipinski definition) is 0. The van der Waals surface area contributed by atoms with E-state index in [2.05, 4.69) is 16.3 Å². The minimum absolute atomic E-state index is 0.194. The number of carbonyl (C=O) groups is 1.